The molecule has 158 valence electrons. The Morgan fingerprint density at radius 1 is 1.24 bits per heavy atom. The van der Waals surface area contributed by atoms with Gasteiger partial charge in [0.25, 0.3) is 5.56 Å². The SMILES string of the molecule is CC1(O)CCC[C@H]1n1c(=O)ccc2cnc(NC3CCN(S(C)(=O)=O)CC3)nc21. The van der Waals surface area contributed by atoms with E-state index in [1.54, 1.807) is 23.8 Å². The zero-order chi connectivity index (χ0) is 20.8. The van der Waals surface area contributed by atoms with Gasteiger partial charge < -0.3 is 10.4 Å². The van der Waals surface area contributed by atoms with Crippen LogP contribution in [0.2, 0.25) is 0 Å². The topological polar surface area (TPSA) is 117 Å². The Kier molecular flexibility index (Phi) is 5.12. The summed E-state index contributed by atoms with van der Waals surface area (Å²) in [6, 6.07) is 2.93. The van der Waals surface area contributed by atoms with Crippen molar-refractivity contribution in [3.63, 3.8) is 0 Å². The molecule has 1 unspecified atom stereocenters. The molecule has 2 N–H and O–H groups in total. The molecule has 2 aliphatic rings. The van der Waals surface area contributed by atoms with Gasteiger partial charge in [0, 0.05) is 36.8 Å². The summed E-state index contributed by atoms with van der Waals surface area (Å²) in [6.45, 7) is 2.69. The fourth-order valence-corrected chi connectivity index (χ4v) is 5.34. The first-order valence-corrected chi connectivity index (χ1v) is 11.8. The van der Waals surface area contributed by atoms with E-state index in [4.69, 9.17) is 0 Å². The zero-order valence-electron chi connectivity index (χ0n) is 16.7. The lowest BCUT2D eigenvalue weighted by Crippen LogP contribution is -2.42. The number of fused-ring (bicyclic) bond motifs is 1. The predicted molar refractivity (Wildman–Crippen MR) is 110 cm³/mol. The van der Waals surface area contributed by atoms with E-state index in [1.807, 2.05) is 0 Å². The number of hydrogen-bond acceptors (Lipinski definition) is 7. The van der Waals surface area contributed by atoms with Crippen LogP contribution in [0.1, 0.15) is 45.1 Å². The first kappa shape index (κ1) is 20.2. The molecule has 10 heteroatoms. The first-order chi connectivity index (χ1) is 13.6. The number of pyridine rings is 1. The van der Waals surface area contributed by atoms with Gasteiger partial charge in [0.2, 0.25) is 16.0 Å². The molecular weight excluding hydrogens is 394 g/mol. The molecule has 2 fully saturated rings. The van der Waals surface area contributed by atoms with Crippen LogP contribution in [0.15, 0.2) is 23.1 Å². The number of piperidine rings is 1. The lowest BCUT2D eigenvalue weighted by Gasteiger charge is -2.31. The van der Waals surface area contributed by atoms with E-state index in [1.165, 1.54) is 16.6 Å². The van der Waals surface area contributed by atoms with Crippen molar-refractivity contribution in [1.82, 2.24) is 18.8 Å². The third kappa shape index (κ3) is 4.01. The number of aliphatic hydroxyl groups is 1. The van der Waals surface area contributed by atoms with Crippen molar-refractivity contribution in [1.29, 1.82) is 0 Å². The monoisotopic (exact) mass is 421 g/mol. The minimum absolute atomic E-state index is 0.0592. The maximum atomic E-state index is 12.6. The fraction of sp³-hybridized carbons (Fsp3) is 0.632. The summed E-state index contributed by atoms with van der Waals surface area (Å²) in [5.41, 5.74) is -0.624. The van der Waals surface area contributed by atoms with Crippen LogP contribution in [-0.2, 0) is 10.0 Å². The molecule has 0 spiro atoms. The maximum absolute atomic E-state index is 12.6. The summed E-state index contributed by atoms with van der Waals surface area (Å²) in [5, 5.41) is 14.8. The van der Waals surface area contributed by atoms with Crippen LogP contribution in [0, 0.1) is 0 Å². The molecule has 1 saturated carbocycles. The smallest absolute Gasteiger partial charge is 0.252 e. The van der Waals surface area contributed by atoms with Gasteiger partial charge in [-0.3, -0.25) is 9.36 Å². The van der Waals surface area contributed by atoms with Gasteiger partial charge >= 0.3 is 0 Å². The summed E-state index contributed by atoms with van der Waals surface area (Å²) in [7, 11) is -3.17. The van der Waals surface area contributed by atoms with Crippen LogP contribution in [0.3, 0.4) is 0 Å². The van der Waals surface area contributed by atoms with E-state index < -0.39 is 15.6 Å². The number of anilines is 1. The molecule has 9 nitrogen and oxygen atoms in total. The van der Waals surface area contributed by atoms with Crippen LogP contribution >= 0.6 is 0 Å². The molecule has 0 radical (unpaired) electrons. The molecule has 2 aromatic heterocycles. The molecule has 2 aromatic rings. The summed E-state index contributed by atoms with van der Waals surface area (Å²) >= 11 is 0. The van der Waals surface area contributed by atoms with Crippen molar-refractivity contribution in [3.05, 3.63) is 28.7 Å². The van der Waals surface area contributed by atoms with E-state index >= 15 is 0 Å². The number of hydrogen-bond donors (Lipinski definition) is 2. The molecule has 2 atom stereocenters. The van der Waals surface area contributed by atoms with E-state index in [2.05, 4.69) is 15.3 Å². The molecule has 0 bridgehead atoms. The Morgan fingerprint density at radius 2 is 1.97 bits per heavy atom. The Labute approximate surface area is 169 Å². The van der Waals surface area contributed by atoms with Crippen LogP contribution in [0.4, 0.5) is 5.95 Å². The molecule has 29 heavy (non-hydrogen) atoms. The lowest BCUT2D eigenvalue weighted by molar-refractivity contribution is 0.0267. The average Bonchev–Trinajstić information content (AvgIpc) is 3.00. The highest BCUT2D eigenvalue weighted by Crippen LogP contribution is 2.39. The molecule has 1 saturated heterocycles. The summed E-state index contributed by atoms with van der Waals surface area (Å²) in [6.07, 6.45) is 6.45. The number of aromatic nitrogens is 3. The molecule has 4 rings (SSSR count). The highest BCUT2D eigenvalue weighted by Gasteiger charge is 2.39. The lowest BCUT2D eigenvalue weighted by atomic mass is 10.00. The molecular formula is C19H27N5O4S. The second-order valence-electron chi connectivity index (χ2n) is 8.36. The highest BCUT2D eigenvalue weighted by atomic mass is 32.2. The minimum atomic E-state index is -3.17. The summed E-state index contributed by atoms with van der Waals surface area (Å²) < 4.78 is 26.4. The van der Waals surface area contributed by atoms with Gasteiger partial charge in [-0.15, -0.1) is 0 Å². The van der Waals surface area contributed by atoms with E-state index in [9.17, 15) is 18.3 Å². The third-order valence-electron chi connectivity index (χ3n) is 6.11. The normalized spacial score (nSPS) is 26.8. The number of nitrogens with zero attached hydrogens (tertiary/aromatic N) is 4. The van der Waals surface area contributed by atoms with Gasteiger partial charge in [-0.05, 0) is 45.1 Å². The molecule has 1 aliphatic carbocycles. The number of rotatable bonds is 4. The fourth-order valence-electron chi connectivity index (χ4n) is 4.46. The van der Waals surface area contributed by atoms with Crippen molar-refractivity contribution in [3.8, 4) is 0 Å². The maximum Gasteiger partial charge on any atom is 0.252 e. The van der Waals surface area contributed by atoms with Crippen LogP contribution in [0.25, 0.3) is 11.0 Å². The first-order valence-electron chi connectivity index (χ1n) is 9.97. The average molecular weight is 422 g/mol. The van der Waals surface area contributed by atoms with Gasteiger partial charge in [0.1, 0.15) is 5.65 Å². The Balaban J connectivity index is 1.61. The molecule has 0 amide bonds. The third-order valence-corrected chi connectivity index (χ3v) is 7.42. The Morgan fingerprint density at radius 3 is 2.59 bits per heavy atom. The van der Waals surface area contributed by atoms with Crippen molar-refractivity contribution in [2.45, 2.75) is 56.7 Å². The van der Waals surface area contributed by atoms with Crippen molar-refractivity contribution in [2.75, 3.05) is 24.7 Å². The van der Waals surface area contributed by atoms with Crippen LogP contribution in [0.5, 0.6) is 0 Å². The molecule has 0 aromatic carbocycles. The van der Waals surface area contributed by atoms with Gasteiger partial charge in [0.15, 0.2) is 0 Å². The van der Waals surface area contributed by atoms with Crippen molar-refractivity contribution < 1.29 is 13.5 Å². The molecule has 1 aliphatic heterocycles. The van der Waals surface area contributed by atoms with E-state index in [-0.39, 0.29) is 17.6 Å². The number of sulfonamides is 1. The minimum Gasteiger partial charge on any atom is -0.388 e. The second-order valence-corrected chi connectivity index (χ2v) is 10.3. The number of nitrogens with one attached hydrogen (secondary N) is 1. The Hall–Kier alpha value is -2.04. The summed E-state index contributed by atoms with van der Waals surface area (Å²) in [5.74, 6) is 0.410. The van der Waals surface area contributed by atoms with Gasteiger partial charge in [-0.1, -0.05) is 0 Å². The second kappa shape index (κ2) is 7.33. The summed E-state index contributed by atoms with van der Waals surface area (Å²) in [4.78, 5) is 21.6. The van der Waals surface area contributed by atoms with Crippen LogP contribution < -0.4 is 10.9 Å². The van der Waals surface area contributed by atoms with E-state index in [0.29, 0.717) is 43.9 Å². The van der Waals surface area contributed by atoms with Crippen LogP contribution in [-0.4, -0.2) is 63.4 Å². The van der Waals surface area contributed by atoms with Crippen molar-refractivity contribution >= 4 is 27.0 Å². The van der Waals surface area contributed by atoms with E-state index in [0.717, 1.165) is 18.2 Å². The zero-order valence-corrected chi connectivity index (χ0v) is 17.5. The van der Waals surface area contributed by atoms with Gasteiger partial charge in [-0.25, -0.2) is 17.7 Å². The highest BCUT2D eigenvalue weighted by molar-refractivity contribution is 7.88. The van der Waals surface area contributed by atoms with Crippen molar-refractivity contribution in [2.24, 2.45) is 0 Å². The Bertz CT molecular complexity index is 1070. The quantitative estimate of drug-likeness (QED) is 0.759. The van der Waals surface area contributed by atoms with Gasteiger partial charge in [-0.2, -0.15) is 4.98 Å². The largest absolute Gasteiger partial charge is 0.388 e. The predicted octanol–water partition coefficient (Wildman–Crippen LogP) is 1.10. The standard InChI is InChI=1S/C19H27N5O4S/c1-19(26)9-3-4-15(19)24-16(25)6-5-13-12-20-18(22-17(13)24)21-14-7-10-23(11-8-14)29(2,27)28/h5-6,12,14-15,26H,3-4,7-11H2,1-2H3,(H,20,21,22)/t15-,19?/m1/s1. The molecule has 3 heterocycles. The van der Waals surface area contributed by atoms with Gasteiger partial charge in [0.05, 0.1) is 17.9 Å².